The van der Waals surface area contributed by atoms with Crippen molar-refractivity contribution < 1.29 is 30.0 Å². The standard InChI is InChI=1S/C19H21N3O7S3/c1-14-13-31(26,27)22(19(14)23)16-6-8-18(9-7-16)32(28,29)20-15-4-2-5-17(12-15)21-10-3-11-30(21,24)25/h2,4-9,12,14,20H,3,10-11,13H2,1H3/t14-/m0/s1. The lowest BCUT2D eigenvalue weighted by Gasteiger charge is -2.18. The Hall–Kier alpha value is -2.64. The molecule has 0 spiro atoms. The van der Waals surface area contributed by atoms with Gasteiger partial charge in [-0.3, -0.25) is 13.8 Å². The first-order chi connectivity index (χ1) is 14.9. The van der Waals surface area contributed by atoms with Gasteiger partial charge in [-0.1, -0.05) is 13.0 Å². The number of benzene rings is 2. The zero-order chi connectivity index (χ0) is 23.3. The second kappa shape index (κ2) is 7.74. The fourth-order valence-electron chi connectivity index (χ4n) is 3.72. The summed E-state index contributed by atoms with van der Waals surface area (Å²) in [4.78, 5) is 12.1. The molecule has 0 unspecified atom stereocenters. The fraction of sp³-hybridized carbons (Fsp3) is 0.316. The molecule has 32 heavy (non-hydrogen) atoms. The summed E-state index contributed by atoms with van der Waals surface area (Å²) in [6, 6.07) is 11.0. The number of anilines is 3. The molecular formula is C19H21N3O7S3. The van der Waals surface area contributed by atoms with Crippen molar-refractivity contribution in [3.8, 4) is 0 Å². The topological polar surface area (TPSA) is 138 Å². The van der Waals surface area contributed by atoms with Crippen LogP contribution in [0.5, 0.6) is 0 Å². The maximum absolute atomic E-state index is 12.8. The van der Waals surface area contributed by atoms with Crippen LogP contribution in [0, 0.1) is 5.92 Å². The van der Waals surface area contributed by atoms with Gasteiger partial charge in [0.2, 0.25) is 26.0 Å². The van der Waals surface area contributed by atoms with E-state index in [1.165, 1.54) is 47.6 Å². The second-order valence-corrected chi connectivity index (χ2v) is 13.2. The van der Waals surface area contributed by atoms with E-state index < -0.39 is 41.9 Å². The molecule has 4 rings (SSSR count). The van der Waals surface area contributed by atoms with Crippen LogP contribution >= 0.6 is 0 Å². The Morgan fingerprint density at radius 1 is 0.969 bits per heavy atom. The quantitative estimate of drug-likeness (QED) is 0.655. The van der Waals surface area contributed by atoms with E-state index >= 15 is 0 Å². The zero-order valence-electron chi connectivity index (χ0n) is 17.0. The van der Waals surface area contributed by atoms with Crippen LogP contribution in [-0.2, 0) is 34.9 Å². The van der Waals surface area contributed by atoms with Crippen LogP contribution in [0.15, 0.2) is 53.4 Å². The fourth-order valence-corrected chi connectivity index (χ4v) is 8.14. The van der Waals surface area contributed by atoms with Crippen LogP contribution in [0.2, 0.25) is 0 Å². The van der Waals surface area contributed by atoms with E-state index in [4.69, 9.17) is 0 Å². The summed E-state index contributed by atoms with van der Waals surface area (Å²) < 4.78 is 78.6. The molecule has 0 bridgehead atoms. The zero-order valence-corrected chi connectivity index (χ0v) is 19.5. The monoisotopic (exact) mass is 499 g/mol. The Labute approximate surface area is 187 Å². The lowest BCUT2D eigenvalue weighted by molar-refractivity contribution is -0.119. The summed E-state index contributed by atoms with van der Waals surface area (Å²) in [7, 11) is -11.2. The van der Waals surface area contributed by atoms with Crippen molar-refractivity contribution in [1.29, 1.82) is 0 Å². The van der Waals surface area contributed by atoms with Crippen LogP contribution in [-0.4, -0.2) is 49.2 Å². The minimum atomic E-state index is -4.05. The Kier molecular flexibility index (Phi) is 5.46. The van der Waals surface area contributed by atoms with Gasteiger partial charge in [0.15, 0.2) is 0 Å². The second-order valence-electron chi connectivity index (χ2n) is 7.67. The van der Waals surface area contributed by atoms with E-state index in [1.807, 2.05) is 0 Å². The molecule has 2 aromatic rings. The highest BCUT2D eigenvalue weighted by Crippen LogP contribution is 2.30. The SMILES string of the molecule is C[C@H]1CS(=O)(=O)N(c2ccc(S(=O)(=O)Nc3cccc(N4CCCS4(=O)=O)c3)cc2)C1=O. The number of nitrogens with one attached hydrogen (secondary N) is 1. The van der Waals surface area contributed by atoms with Crippen LogP contribution in [0.1, 0.15) is 13.3 Å². The molecule has 13 heteroatoms. The average Bonchev–Trinajstić information content (AvgIpc) is 3.16. The van der Waals surface area contributed by atoms with Crippen LogP contribution in [0.4, 0.5) is 17.1 Å². The Morgan fingerprint density at radius 2 is 1.66 bits per heavy atom. The first kappa shape index (κ1) is 22.6. The Balaban J connectivity index is 1.58. The third kappa shape index (κ3) is 4.07. The molecule has 0 saturated carbocycles. The number of nitrogens with zero attached hydrogens (tertiary/aromatic N) is 2. The predicted molar refractivity (Wildman–Crippen MR) is 120 cm³/mol. The lowest BCUT2D eigenvalue weighted by atomic mass is 10.2. The van der Waals surface area contributed by atoms with Crippen molar-refractivity contribution in [3.63, 3.8) is 0 Å². The molecule has 2 heterocycles. The van der Waals surface area contributed by atoms with Crippen LogP contribution in [0.3, 0.4) is 0 Å². The molecule has 0 aromatic heterocycles. The molecule has 2 saturated heterocycles. The number of amides is 1. The van der Waals surface area contributed by atoms with Crippen molar-refractivity contribution in [2.75, 3.05) is 31.4 Å². The summed E-state index contributed by atoms with van der Waals surface area (Å²) in [5.41, 5.74) is 0.615. The van der Waals surface area contributed by atoms with Gasteiger partial charge in [0, 0.05) is 6.54 Å². The highest BCUT2D eigenvalue weighted by molar-refractivity contribution is 7.94. The van der Waals surface area contributed by atoms with Crippen molar-refractivity contribution in [2.24, 2.45) is 5.92 Å². The molecule has 1 amide bonds. The summed E-state index contributed by atoms with van der Waals surface area (Å²) >= 11 is 0. The van der Waals surface area contributed by atoms with E-state index in [1.54, 1.807) is 12.1 Å². The van der Waals surface area contributed by atoms with Gasteiger partial charge in [0.05, 0.1) is 39.4 Å². The van der Waals surface area contributed by atoms with Crippen molar-refractivity contribution >= 4 is 53.0 Å². The highest BCUT2D eigenvalue weighted by Gasteiger charge is 2.42. The summed E-state index contributed by atoms with van der Waals surface area (Å²) in [6.07, 6.45) is 0.499. The van der Waals surface area contributed by atoms with Gasteiger partial charge in [-0.05, 0) is 48.9 Å². The normalized spacial score (nSPS) is 22.3. The third-order valence-corrected chi connectivity index (χ3v) is 10.4. The first-order valence-electron chi connectivity index (χ1n) is 9.71. The van der Waals surface area contributed by atoms with Crippen LogP contribution in [0.25, 0.3) is 0 Å². The Morgan fingerprint density at radius 3 is 2.22 bits per heavy atom. The van der Waals surface area contributed by atoms with Gasteiger partial charge in [-0.25, -0.2) is 29.6 Å². The molecule has 2 aliphatic rings. The van der Waals surface area contributed by atoms with E-state index in [2.05, 4.69) is 4.72 Å². The van der Waals surface area contributed by atoms with Crippen molar-refractivity contribution in [3.05, 3.63) is 48.5 Å². The maximum Gasteiger partial charge on any atom is 0.261 e. The average molecular weight is 500 g/mol. The van der Waals surface area contributed by atoms with E-state index in [0.717, 1.165) is 0 Å². The van der Waals surface area contributed by atoms with Gasteiger partial charge in [-0.15, -0.1) is 0 Å². The molecule has 0 aliphatic carbocycles. The molecular weight excluding hydrogens is 478 g/mol. The molecule has 2 fully saturated rings. The van der Waals surface area contributed by atoms with Crippen molar-refractivity contribution in [1.82, 2.24) is 0 Å². The number of carbonyl (C=O) groups excluding carboxylic acids is 1. The van der Waals surface area contributed by atoms with E-state index in [-0.39, 0.29) is 27.8 Å². The highest BCUT2D eigenvalue weighted by atomic mass is 32.2. The smallest absolute Gasteiger partial charge is 0.261 e. The molecule has 2 aliphatic heterocycles. The molecule has 2 aromatic carbocycles. The maximum atomic E-state index is 12.8. The number of hydrogen-bond acceptors (Lipinski definition) is 7. The number of carbonyl (C=O) groups is 1. The third-order valence-electron chi connectivity index (χ3n) is 5.23. The minimum Gasteiger partial charge on any atom is -0.280 e. The predicted octanol–water partition coefficient (Wildman–Crippen LogP) is 1.34. The van der Waals surface area contributed by atoms with Gasteiger partial charge in [0.1, 0.15) is 0 Å². The summed E-state index contributed by atoms with van der Waals surface area (Å²) in [6.45, 7) is 1.85. The first-order valence-corrected chi connectivity index (χ1v) is 14.4. The van der Waals surface area contributed by atoms with E-state index in [9.17, 15) is 30.0 Å². The van der Waals surface area contributed by atoms with E-state index in [0.29, 0.717) is 23.0 Å². The molecule has 1 atom stereocenters. The Bertz CT molecular complexity index is 1390. The number of rotatable bonds is 5. The molecule has 172 valence electrons. The lowest BCUT2D eigenvalue weighted by Crippen LogP contribution is -2.30. The van der Waals surface area contributed by atoms with Crippen LogP contribution < -0.4 is 13.3 Å². The largest absolute Gasteiger partial charge is 0.280 e. The summed E-state index contributed by atoms with van der Waals surface area (Å²) in [5.74, 6) is -1.48. The minimum absolute atomic E-state index is 0.0450. The number of hydrogen-bond donors (Lipinski definition) is 1. The molecule has 0 radical (unpaired) electrons. The van der Waals surface area contributed by atoms with Crippen molar-refractivity contribution in [2.45, 2.75) is 18.2 Å². The van der Waals surface area contributed by atoms with Gasteiger partial charge >= 0.3 is 0 Å². The van der Waals surface area contributed by atoms with Gasteiger partial charge in [0.25, 0.3) is 10.0 Å². The summed E-state index contributed by atoms with van der Waals surface area (Å²) in [5, 5.41) is 0. The van der Waals surface area contributed by atoms with Gasteiger partial charge < -0.3 is 0 Å². The molecule has 1 N–H and O–H groups in total. The number of sulfonamides is 3. The van der Waals surface area contributed by atoms with Gasteiger partial charge in [-0.2, -0.15) is 0 Å². The molecule has 10 nitrogen and oxygen atoms in total.